The van der Waals surface area contributed by atoms with E-state index < -0.39 is 0 Å². The van der Waals surface area contributed by atoms with Gasteiger partial charge in [0.05, 0.1) is 5.69 Å². The van der Waals surface area contributed by atoms with Crippen molar-refractivity contribution in [3.05, 3.63) is 76.7 Å². The van der Waals surface area contributed by atoms with Crippen molar-refractivity contribution >= 4 is 17.4 Å². The minimum Gasteiger partial charge on any atom is -0.299 e. The van der Waals surface area contributed by atoms with Crippen LogP contribution in [0.15, 0.2) is 60.0 Å². The predicted molar refractivity (Wildman–Crippen MR) is 126 cm³/mol. The van der Waals surface area contributed by atoms with E-state index in [1.807, 2.05) is 18.2 Å². The molecule has 5 rings (SSSR count). The first-order chi connectivity index (χ1) is 15.7. The second kappa shape index (κ2) is 9.45. The first-order valence-electron chi connectivity index (χ1n) is 11.2. The van der Waals surface area contributed by atoms with Gasteiger partial charge in [0.15, 0.2) is 5.82 Å². The number of halogens is 1. The molecule has 0 bridgehead atoms. The largest absolute Gasteiger partial charge is 0.299 e. The summed E-state index contributed by atoms with van der Waals surface area (Å²) in [5, 5.41) is 4.34. The van der Waals surface area contributed by atoms with Gasteiger partial charge in [-0.2, -0.15) is 0 Å². The number of rotatable bonds is 5. The van der Waals surface area contributed by atoms with Crippen LogP contribution < -0.4 is 0 Å². The van der Waals surface area contributed by atoms with Gasteiger partial charge in [0.1, 0.15) is 6.33 Å². The van der Waals surface area contributed by atoms with Crippen LogP contribution in [0.25, 0.3) is 11.1 Å². The SMILES string of the molecule is N=Nc1ncnc2c1CCN(C1CCN(Cc3ccccc3-c3cccc(Cl)c3)CC1)C2. The normalized spacial score (nSPS) is 17.8. The zero-order valence-corrected chi connectivity index (χ0v) is 18.8. The molecule has 32 heavy (non-hydrogen) atoms. The number of fused-ring (bicyclic) bond motifs is 1. The van der Waals surface area contributed by atoms with Crippen LogP contribution in [-0.4, -0.2) is 45.4 Å². The Kier molecular flexibility index (Phi) is 6.26. The average Bonchev–Trinajstić information content (AvgIpc) is 2.84. The lowest BCUT2D eigenvalue weighted by Crippen LogP contribution is -2.46. The van der Waals surface area contributed by atoms with Gasteiger partial charge >= 0.3 is 0 Å². The molecule has 2 aliphatic heterocycles. The minimum atomic E-state index is 0.530. The Labute approximate surface area is 193 Å². The number of hydrogen-bond donors (Lipinski definition) is 1. The molecule has 0 atom stereocenters. The van der Waals surface area contributed by atoms with E-state index in [1.165, 1.54) is 23.0 Å². The number of nitrogens with one attached hydrogen (secondary N) is 1. The summed E-state index contributed by atoms with van der Waals surface area (Å²) in [6.45, 7) is 4.97. The summed E-state index contributed by atoms with van der Waals surface area (Å²) in [7, 11) is 0. The second-order valence-electron chi connectivity index (χ2n) is 8.63. The number of nitrogens with zero attached hydrogens (tertiary/aromatic N) is 5. The van der Waals surface area contributed by atoms with Gasteiger partial charge in [0, 0.05) is 36.3 Å². The van der Waals surface area contributed by atoms with Crippen molar-refractivity contribution in [2.75, 3.05) is 19.6 Å². The molecule has 0 saturated carbocycles. The summed E-state index contributed by atoms with van der Waals surface area (Å²) >= 11 is 6.24. The van der Waals surface area contributed by atoms with Gasteiger partial charge in [-0.1, -0.05) is 48.0 Å². The van der Waals surface area contributed by atoms with Crippen LogP contribution in [0.2, 0.25) is 5.02 Å². The molecule has 0 unspecified atom stereocenters. The first kappa shape index (κ1) is 21.2. The highest BCUT2D eigenvalue weighted by Crippen LogP contribution is 2.30. The maximum absolute atomic E-state index is 7.33. The van der Waals surface area contributed by atoms with Crippen molar-refractivity contribution in [3.8, 4) is 11.1 Å². The molecule has 1 aromatic heterocycles. The zero-order valence-electron chi connectivity index (χ0n) is 18.0. The standard InChI is InChI=1S/C25H27ClN6/c26-20-6-3-5-18(14-20)22-7-2-1-4-19(22)15-31-11-8-21(9-12-31)32-13-10-23-24(16-32)28-17-29-25(23)30-27/h1-7,14,17,21,27H,8-13,15-16H2. The third kappa shape index (κ3) is 4.44. The highest BCUT2D eigenvalue weighted by Gasteiger charge is 2.29. The maximum Gasteiger partial charge on any atom is 0.180 e. The number of likely N-dealkylation sites (tertiary alicyclic amines) is 1. The Morgan fingerprint density at radius 1 is 1.03 bits per heavy atom. The van der Waals surface area contributed by atoms with Crippen LogP contribution in [0.1, 0.15) is 29.7 Å². The molecule has 2 aromatic carbocycles. The van der Waals surface area contributed by atoms with E-state index in [0.717, 1.165) is 68.3 Å². The Morgan fingerprint density at radius 2 is 1.88 bits per heavy atom. The number of benzene rings is 2. The fourth-order valence-electron chi connectivity index (χ4n) is 5.04. The van der Waals surface area contributed by atoms with Gasteiger partial charge in [-0.05, 0) is 61.2 Å². The molecule has 3 aromatic rings. The fourth-order valence-corrected chi connectivity index (χ4v) is 5.23. The number of aromatic nitrogens is 2. The lowest BCUT2D eigenvalue weighted by molar-refractivity contribution is 0.0937. The number of piperidine rings is 1. The van der Waals surface area contributed by atoms with E-state index in [2.05, 4.69) is 55.2 Å². The number of hydrogen-bond acceptors (Lipinski definition) is 6. The Bertz CT molecular complexity index is 1110. The van der Waals surface area contributed by atoms with Crippen LogP contribution in [0.4, 0.5) is 5.82 Å². The molecule has 2 aliphatic rings. The third-order valence-electron chi connectivity index (χ3n) is 6.74. The predicted octanol–water partition coefficient (Wildman–Crippen LogP) is 5.48. The van der Waals surface area contributed by atoms with E-state index in [1.54, 1.807) is 0 Å². The van der Waals surface area contributed by atoms with E-state index in [0.29, 0.717) is 11.9 Å². The minimum absolute atomic E-state index is 0.530. The van der Waals surface area contributed by atoms with Crippen molar-refractivity contribution in [3.63, 3.8) is 0 Å². The van der Waals surface area contributed by atoms with E-state index >= 15 is 0 Å². The summed E-state index contributed by atoms with van der Waals surface area (Å²) in [5.41, 5.74) is 13.2. The van der Waals surface area contributed by atoms with Crippen molar-refractivity contribution < 1.29 is 0 Å². The lowest BCUT2D eigenvalue weighted by atomic mass is 9.96. The average molecular weight is 447 g/mol. The quantitative estimate of drug-likeness (QED) is 0.526. The van der Waals surface area contributed by atoms with Crippen molar-refractivity contribution in [2.45, 2.75) is 38.4 Å². The summed E-state index contributed by atoms with van der Waals surface area (Å²) in [4.78, 5) is 13.7. The highest BCUT2D eigenvalue weighted by molar-refractivity contribution is 6.30. The van der Waals surface area contributed by atoms with Gasteiger partial charge in [0.2, 0.25) is 0 Å². The molecule has 0 aliphatic carbocycles. The van der Waals surface area contributed by atoms with Crippen LogP contribution in [0.5, 0.6) is 0 Å². The van der Waals surface area contributed by atoms with Crippen molar-refractivity contribution in [1.29, 1.82) is 5.53 Å². The summed E-state index contributed by atoms with van der Waals surface area (Å²) in [6.07, 6.45) is 4.74. The van der Waals surface area contributed by atoms with E-state index in [-0.39, 0.29) is 0 Å². The summed E-state index contributed by atoms with van der Waals surface area (Å²) in [6, 6.07) is 17.3. The van der Waals surface area contributed by atoms with Gasteiger partial charge in [-0.15, -0.1) is 5.11 Å². The van der Waals surface area contributed by atoms with Crippen molar-refractivity contribution in [2.24, 2.45) is 5.11 Å². The van der Waals surface area contributed by atoms with E-state index in [4.69, 9.17) is 17.1 Å². The molecule has 6 nitrogen and oxygen atoms in total. The summed E-state index contributed by atoms with van der Waals surface area (Å²) < 4.78 is 0. The molecule has 1 N–H and O–H groups in total. The summed E-state index contributed by atoms with van der Waals surface area (Å²) in [5.74, 6) is 0.530. The molecular weight excluding hydrogens is 420 g/mol. The Hall–Kier alpha value is -2.67. The smallest absolute Gasteiger partial charge is 0.180 e. The molecule has 164 valence electrons. The monoisotopic (exact) mass is 446 g/mol. The maximum atomic E-state index is 7.33. The molecule has 7 heteroatoms. The van der Waals surface area contributed by atoms with Crippen LogP contribution in [0.3, 0.4) is 0 Å². The van der Waals surface area contributed by atoms with Crippen LogP contribution in [-0.2, 0) is 19.5 Å². The Balaban J connectivity index is 1.22. The molecular formula is C25H27ClN6. The highest BCUT2D eigenvalue weighted by atomic mass is 35.5. The third-order valence-corrected chi connectivity index (χ3v) is 6.98. The first-order valence-corrected chi connectivity index (χ1v) is 11.6. The second-order valence-corrected chi connectivity index (χ2v) is 9.07. The lowest BCUT2D eigenvalue weighted by Gasteiger charge is -2.40. The van der Waals surface area contributed by atoms with Crippen LogP contribution >= 0.6 is 11.6 Å². The fraction of sp³-hybridized carbons (Fsp3) is 0.360. The van der Waals surface area contributed by atoms with Gasteiger partial charge in [0.25, 0.3) is 0 Å². The topological polar surface area (TPSA) is 68.5 Å². The Morgan fingerprint density at radius 3 is 2.69 bits per heavy atom. The molecule has 0 radical (unpaired) electrons. The molecule has 1 saturated heterocycles. The van der Waals surface area contributed by atoms with Gasteiger partial charge in [-0.25, -0.2) is 15.5 Å². The van der Waals surface area contributed by atoms with E-state index in [9.17, 15) is 0 Å². The van der Waals surface area contributed by atoms with Gasteiger partial charge < -0.3 is 0 Å². The molecule has 3 heterocycles. The molecule has 0 spiro atoms. The molecule has 1 fully saturated rings. The van der Waals surface area contributed by atoms with Crippen molar-refractivity contribution in [1.82, 2.24) is 19.8 Å². The zero-order chi connectivity index (χ0) is 21.9. The van der Waals surface area contributed by atoms with Crippen LogP contribution in [0, 0.1) is 5.53 Å². The van der Waals surface area contributed by atoms with Gasteiger partial charge in [-0.3, -0.25) is 9.80 Å². The molecule has 0 amide bonds.